The molecule has 0 spiro atoms. The van der Waals surface area contributed by atoms with Crippen LogP contribution in [0.2, 0.25) is 0 Å². The number of benzene rings is 1. The molecular weight excluding hydrogens is 434 g/mol. The zero-order chi connectivity index (χ0) is 23.7. The van der Waals surface area contributed by atoms with Crippen LogP contribution in [0.5, 0.6) is 0 Å². The van der Waals surface area contributed by atoms with Gasteiger partial charge in [-0.3, -0.25) is 14.2 Å². The van der Waals surface area contributed by atoms with Crippen molar-refractivity contribution >= 4 is 19.3 Å². The molecule has 1 atom stereocenters. The molecule has 0 radical (unpaired) electrons. The van der Waals surface area contributed by atoms with E-state index in [0.29, 0.717) is 12.0 Å². The summed E-state index contributed by atoms with van der Waals surface area (Å²) in [6.07, 6.45) is -4.45. The Labute approximate surface area is 181 Å². The molecule has 10 heteroatoms. The molecule has 1 amide bonds. The van der Waals surface area contributed by atoms with Gasteiger partial charge in [0, 0.05) is 18.8 Å². The van der Waals surface area contributed by atoms with Gasteiger partial charge in [0.15, 0.2) is 0 Å². The molecule has 0 unspecified atom stereocenters. The fourth-order valence-corrected chi connectivity index (χ4v) is 4.47. The number of hydrogen-bond donors (Lipinski definition) is 1. The van der Waals surface area contributed by atoms with E-state index in [0.717, 1.165) is 12.1 Å². The van der Waals surface area contributed by atoms with Crippen molar-refractivity contribution in [2.24, 2.45) is 11.8 Å². The Morgan fingerprint density at radius 1 is 1.06 bits per heavy atom. The summed E-state index contributed by atoms with van der Waals surface area (Å²) in [6, 6.07) is 4.39. The van der Waals surface area contributed by atoms with Crippen molar-refractivity contribution < 1.29 is 36.4 Å². The second-order valence-corrected chi connectivity index (χ2v) is 9.64. The van der Waals surface area contributed by atoms with Gasteiger partial charge in [-0.1, -0.05) is 26.0 Å². The second kappa shape index (κ2) is 12.4. The number of halogens is 3. The smallest absolute Gasteiger partial charge is 0.344 e. The molecule has 0 saturated carbocycles. The third-order valence-corrected chi connectivity index (χ3v) is 6.23. The van der Waals surface area contributed by atoms with Crippen molar-refractivity contribution in [3.8, 4) is 0 Å². The van der Waals surface area contributed by atoms with Gasteiger partial charge in [-0.05, 0) is 43.9 Å². The first kappa shape index (κ1) is 27.3. The molecule has 1 N–H and O–H groups in total. The summed E-state index contributed by atoms with van der Waals surface area (Å²) in [5, 5.41) is 2.56. The highest BCUT2D eigenvalue weighted by Gasteiger charge is 2.30. The highest BCUT2D eigenvalue weighted by atomic mass is 31.2. The molecule has 0 aliphatic carbocycles. The van der Waals surface area contributed by atoms with Crippen LogP contribution in [-0.2, 0) is 35.8 Å². The molecule has 0 heterocycles. The second-order valence-electron chi connectivity index (χ2n) is 7.59. The molecule has 176 valence electrons. The summed E-state index contributed by atoms with van der Waals surface area (Å²) < 4.78 is 60.8. The minimum absolute atomic E-state index is 0.0708. The highest BCUT2D eigenvalue weighted by Crippen LogP contribution is 2.46. The van der Waals surface area contributed by atoms with Crippen LogP contribution in [0.3, 0.4) is 0 Å². The molecule has 0 aromatic heterocycles. The predicted molar refractivity (Wildman–Crippen MR) is 112 cm³/mol. The molecule has 31 heavy (non-hydrogen) atoms. The van der Waals surface area contributed by atoms with Crippen LogP contribution in [0.1, 0.15) is 51.7 Å². The number of hydrogen-bond acceptors (Lipinski definition) is 5. The van der Waals surface area contributed by atoms with Gasteiger partial charge in [-0.2, -0.15) is 13.2 Å². The lowest BCUT2D eigenvalue weighted by Gasteiger charge is -2.21. The van der Waals surface area contributed by atoms with E-state index >= 15 is 0 Å². The standard InChI is InChI=1S/C21H31F3NO5P/c1-5-29-31(28,30-6-2)14-25-20(27)17(11-15(3)4)13-19(26)12-16-7-9-18(10-8-16)21(22,23)24/h7-10,15,17H,5-6,11-14H2,1-4H3,(H,25,27)/t17-/m1/s1. The van der Waals surface area contributed by atoms with Crippen LogP contribution in [-0.4, -0.2) is 31.2 Å². The van der Waals surface area contributed by atoms with Crippen molar-refractivity contribution in [3.05, 3.63) is 35.4 Å². The molecule has 6 nitrogen and oxygen atoms in total. The van der Waals surface area contributed by atoms with E-state index in [1.807, 2.05) is 13.8 Å². The van der Waals surface area contributed by atoms with Crippen molar-refractivity contribution in [1.29, 1.82) is 0 Å². The first-order valence-corrected chi connectivity index (χ1v) is 12.0. The minimum atomic E-state index is -4.44. The van der Waals surface area contributed by atoms with E-state index in [1.54, 1.807) is 13.8 Å². The van der Waals surface area contributed by atoms with E-state index in [2.05, 4.69) is 5.32 Å². The van der Waals surface area contributed by atoms with E-state index in [1.165, 1.54) is 12.1 Å². The van der Waals surface area contributed by atoms with Gasteiger partial charge >= 0.3 is 13.8 Å². The number of carbonyl (C=O) groups excluding carboxylic acids is 2. The van der Waals surface area contributed by atoms with Crippen LogP contribution >= 0.6 is 7.60 Å². The van der Waals surface area contributed by atoms with Gasteiger partial charge in [0.25, 0.3) is 0 Å². The summed E-state index contributed by atoms with van der Waals surface area (Å²) in [4.78, 5) is 25.1. The van der Waals surface area contributed by atoms with Crippen molar-refractivity contribution in [3.63, 3.8) is 0 Å². The number of ketones is 1. The third-order valence-electron chi connectivity index (χ3n) is 4.38. The zero-order valence-corrected chi connectivity index (χ0v) is 19.2. The van der Waals surface area contributed by atoms with Crippen LogP contribution in [0.25, 0.3) is 0 Å². The third kappa shape index (κ3) is 9.97. The normalized spacial score (nSPS) is 13.3. The summed E-state index contributed by atoms with van der Waals surface area (Å²) >= 11 is 0. The molecular formula is C21H31F3NO5P. The zero-order valence-electron chi connectivity index (χ0n) is 18.3. The lowest BCUT2D eigenvalue weighted by molar-refractivity contribution is -0.137. The molecule has 0 saturated heterocycles. The van der Waals surface area contributed by atoms with Gasteiger partial charge < -0.3 is 14.4 Å². The molecule has 0 aliphatic rings. The first-order valence-electron chi connectivity index (χ1n) is 10.2. The van der Waals surface area contributed by atoms with Crippen molar-refractivity contribution in [2.45, 2.75) is 53.1 Å². The molecule has 0 bridgehead atoms. The maximum absolute atomic E-state index is 12.7. The number of amides is 1. The molecule has 0 fully saturated rings. The van der Waals surface area contributed by atoms with Crippen LogP contribution in [0.15, 0.2) is 24.3 Å². The maximum Gasteiger partial charge on any atom is 0.416 e. The average Bonchev–Trinajstić information content (AvgIpc) is 2.65. The Morgan fingerprint density at radius 3 is 2.06 bits per heavy atom. The summed E-state index contributed by atoms with van der Waals surface area (Å²) in [6.45, 7) is 7.46. The Hall–Kier alpha value is -1.70. The number of Topliss-reactive ketones (excluding diaryl/α,β-unsaturated/α-hetero) is 1. The Kier molecular flexibility index (Phi) is 10.9. The molecule has 1 aromatic carbocycles. The van der Waals surface area contributed by atoms with Crippen LogP contribution < -0.4 is 5.32 Å². The topological polar surface area (TPSA) is 81.7 Å². The monoisotopic (exact) mass is 465 g/mol. The first-order chi connectivity index (χ1) is 14.4. The molecule has 1 rings (SSSR count). The Morgan fingerprint density at radius 2 is 1.61 bits per heavy atom. The van der Waals surface area contributed by atoms with Crippen molar-refractivity contribution in [2.75, 3.05) is 19.5 Å². The lowest BCUT2D eigenvalue weighted by Crippen LogP contribution is -2.34. The quantitative estimate of drug-likeness (QED) is 0.405. The van der Waals surface area contributed by atoms with Gasteiger partial charge in [-0.25, -0.2) is 0 Å². The molecule has 1 aromatic rings. The highest BCUT2D eigenvalue weighted by molar-refractivity contribution is 7.53. The summed E-state index contributed by atoms with van der Waals surface area (Å²) in [5.41, 5.74) is -0.340. The van der Waals surface area contributed by atoms with Crippen molar-refractivity contribution in [1.82, 2.24) is 5.32 Å². The predicted octanol–water partition coefficient (Wildman–Crippen LogP) is 5.21. The summed E-state index contributed by atoms with van der Waals surface area (Å²) in [7, 11) is -3.46. The lowest BCUT2D eigenvalue weighted by atomic mass is 9.90. The van der Waals surface area contributed by atoms with Gasteiger partial charge in [0.2, 0.25) is 5.91 Å². The average molecular weight is 465 g/mol. The fourth-order valence-electron chi connectivity index (χ4n) is 3.08. The van der Waals surface area contributed by atoms with Gasteiger partial charge in [-0.15, -0.1) is 0 Å². The fraction of sp³-hybridized carbons (Fsp3) is 0.619. The van der Waals surface area contributed by atoms with Gasteiger partial charge in [0.05, 0.1) is 18.8 Å². The Bertz CT molecular complexity index is 755. The van der Waals surface area contributed by atoms with E-state index < -0.39 is 31.2 Å². The maximum atomic E-state index is 12.7. The Balaban J connectivity index is 2.77. The van der Waals surface area contributed by atoms with E-state index in [9.17, 15) is 27.3 Å². The number of carbonyl (C=O) groups is 2. The van der Waals surface area contributed by atoms with Gasteiger partial charge in [0.1, 0.15) is 12.1 Å². The van der Waals surface area contributed by atoms with Crippen LogP contribution in [0.4, 0.5) is 13.2 Å². The largest absolute Gasteiger partial charge is 0.416 e. The van der Waals surface area contributed by atoms with Crippen LogP contribution in [0, 0.1) is 11.8 Å². The van der Waals surface area contributed by atoms with E-state index in [-0.39, 0.29) is 44.0 Å². The SMILES string of the molecule is CCOP(=O)(CNC(=O)[C@@H](CC(=O)Cc1ccc(C(F)(F)F)cc1)CC(C)C)OCC. The minimum Gasteiger partial charge on any atom is -0.344 e. The number of alkyl halides is 3. The van der Waals surface area contributed by atoms with E-state index in [4.69, 9.17) is 9.05 Å². The summed E-state index contributed by atoms with van der Waals surface area (Å²) in [5.74, 6) is -1.23. The number of rotatable bonds is 13. The molecule has 0 aliphatic heterocycles. The number of nitrogens with one attached hydrogen (secondary N) is 1.